The van der Waals surface area contributed by atoms with Crippen molar-refractivity contribution < 1.29 is 19.1 Å². The minimum atomic E-state index is -0.353. The minimum Gasteiger partial charge on any atom is -0.465 e. The van der Waals surface area contributed by atoms with Crippen molar-refractivity contribution in [3.8, 4) is 11.1 Å². The highest BCUT2D eigenvalue weighted by Crippen LogP contribution is 2.39. The summed E-state index contributed by atoms with van der Waals surface area (Å²) in [4.78, 5) is 25.5. The van der Waals surface area contributed by atoms with Crippen LogP contribution >= 0.6 is 0 Å². The van der Waals surface area contributed by atoms with Crippen molar-refractivity contribution in [1.29, 1.82) is 0 Å². The first-order valence-corrected chi connectivity index (χ1v) is 8.24. The highest BCUT2D eigenvalue weighted by Gasteiger charge is 2.31. The molecule has 25 heavy (non-hydrogen) atoms. The SMILES string of the molecule is CCC(=O)N1CC(OC)c2cc(-c3ccc(C(=O)OC)cc3)ccc21. The van der Waals surface area contributed by atoms with Gasteiger partial charge in [0.2, 0.25) is 5.91 Å². The second-order valence-corrected chi connectivity index (χ2v) is 5.92. The molecule has 1 unspecified atom stereocenters. The van der Waals surface area contributed by atoms with Crippen molar-refractivity contribution in [2.75, 3.05) is 25.7 Å². The first-order chi connectivity index (χ1) is 12.1. The van der Waals surface area contributed by atoms with E-state index in [1.54, 1.807) is 24.1 Å². The molecule has 2 aromatic carbocycles. The van der Waals surface area contributed by atoms with Crippen molar-refractivity contribution in [2.24, 2.45) is 0 Å². The van der Waals surface area contributed by atoms with Gasteiger partial charge in [-0.25, -0.2) is 4.79 Å². The van der Waals surface area contributed by atoms with E-state index in [1.165, 1.54) is 7.11 Å². The van der Waals surface area contributed by atoms with E-state index in [4.69, 9.17) is 9.47 Å². The molecule has 0 aromatic heterocycles. The van der Waals surface area contributed by atoms with Crippen LogP contribution in [0.15, 0.2) is 42.5 Å². The van der Waals surface area contributed by atoms with E-state index in [1.807, 2.05) is 31.2 Å². The van der Waals surface area contributed by atoms with Crippen LogP contribution in [0, 0.1) is 0 Å². The number of esters is 1. The van der Waals surface area contributed by atoms with Gasteiger partial charge in [-0.3, -0.25) is 4.79 Å². The molecule has 0 bridgehead atoms. The summed E-state index contributed by atoms with van der Waals surface area (Å²) in [5.74, 6) is -0.260. The quantitative estimate of drug-likeness (QED) is 0.799. The number of carbonyl (C=O) groups is 2. The van der Waals surface area contributed by atoms with E-state index in [2.05, 4.69) is 6.07 Å². The predicted octanol–water partition coefficient (Wildman–Crippen LogP) is 3.58. The average molecular weight is 339 g/mol. The smallest absolute Gasteiger partial charge is 0.337 e. The van der Waals surface area contributed by atoms with Crippen molar-refractivity contribution in [3.63, 3.8) is 0 Å². The molecule has 1 heterocycles. The Hall–Kier alpha value is -2.66. The Kier molecular flexibility index (Phi) is 4.86. The first kappa shape index (κ1) is 17.2. The van der Waals surface area contributed by atoms with Gasteiger partial charge in [-0.2, -0.15) is 0 Å². The summed E-state index contributed by atoms with van der Waals surface area (Å²) in [6, 6.07) is 13.3. The molecule has 1 atom stereocenters. The zero-order valence-electron chi connectivity index (χ0n) is 14.6. The molecule has 1 aliphatic rings. The van der Waals surface area contributed by atoms with Crippen LogP contribution in [0.1, 0.15) is 35.4 Å². The van der Waals surface area contributed by atoms with Gasteiger partial charge in [-0.1, -0.05) is 25.1 Å². The number of rotatable bonds is 4. The summed E-state index contributed by atoms with van der Waals surface area (Å²) in [6.07, 6.45) is 0.340. The van der Waals surface area contributed by atoms with Crippen LogP contribution in [0.5, 0.6) is 0 Å². The highest BCUT2D eigenvalue weighted by molar-refractivity contribution is 5.96. The van der Waals surface area contributed by atoms with E-state index in [9.17, 15) is 9.59 Å². The standard InChI is InChI=1S/C20H21NO4/c1-4-19(22)21-12-18(24-2)16-11-15(9-10-17(16)21)13-5-7-14(8-6-13)20(23)25-3/h5-11,18H,4,12H2,1-3H3. The lowest BCUT2D eigenvalue weighted by Crippen LogP contribution is -2.29. The third-order valence-electron chi connectivity index (χ3n) is 4.54. The fourth-order valence-electron chi connectivity index (χ4n) is 3.15. The Morgan fingerprint density at radius 2 is 1.76 bits per heavy atom. The molecule has 0 fully saturated rings. The predicted molar refractivity (Wildman–Crippen MR) is 95.6 cm³/mol. The molecular formula is C20H21NO4. The molecule has 1 amide bonds. The Balaban J connectivity index is 1.95. The molecule has 0 N–H and O–H groups in total. The zero-order valence-corrected chi connectivity index (χ0v) is 14.6. The fourth-order valence-corrected chi connectivity index (χ4v) is 3.15. The zero-order chi connectivity index (χ0) is 18.0. The lowest BCUT2D eigenvalue weighted by Gasteiger charge is -2.16. The summed E-state index contributed by atoms with van der Waals surface area (Å²) < 4.78 is 10.3. The molecule has 0 saturated heterocycles. The molecule has 1 aliphatic heterocycles. The second kappa shape index (κ2) is 7.07. The Bertz CT molecular complexity index is 798. The maximum atomic E-state index is 12.1. The summed E-state index contributed by atoms with van der Waals surface area (Å²) in [5.41, 5.74) is 4.45. The molecule has 0 radical (unpaired) electrons. The summed E-state index contributed by atoms with van der Waals surface area (Å²) >= 11 is 0. The van der Waals surface area contributed by atoms with Gasteiger partial charge in [0.25, 0.3) is 0 Å². The minimum absolute atomic E-state index is 0.0935. The molecule has 130 valence electrons. The van der Waals surface area contributed by atoms with E-state index in [0.717, 1.165) is 22.4 Å². The van der Waals surface area contributed by atoms with Gasteiger partial charge < -0.3 is 14.4 Å². The van der Waals surface area contributed by atoms with Crippen molar-refractivity contribution in [1.82, 2.24) is 0 Å². The summed E-state index contributed by atoms with van der Waals surface area (Å²) in [6.45, 7) is 2.41. The number of nitrogens with zero attached hydrogens (tertiary/aromatic N) is 1. The van der Waals surface area contributed by atoms with Crippen LogP contribution < -0.4 is 4.90 Å². The molecule has 5 nitrogen and oxygen atoms in total. The average Bonchev–Trinajstić information content (AvgIpc) is 3.04. The van der Waals surface area contributed by atoms with E-state index < -0.39 is 0 Å². The van der Waals surface area contributed by atoms with Gasteiger partial charge >= 0.3 is 5.97 Å². The van der Waals surface area contributed by atoms with Crippen LogP contribution in [-0.4, -0.2) is 32.6 Å². The van der Waals surface area contributed by atoms with Gasteiger partial charge in [0, 0.05) is 24.8 Å². The number of amides is 1. The lowest BCUT2D eigenvalue weighted by molar-refractivity contribution is -0.118. The number of anilines is 1. The number of benzene rings is 2. The largest absolute Gasteiger partial charge is 0.465 e. The van der Waals surface area contributed by atoms with Crippen molar-refractivity contribution >= 4 is 17.6 Å². The normalized spacial score (nSPS) is 15.8. The van der Waals surface area contributed by atoms with Gasteiger partial charge in [0.15, 0.2) is 0 Å². The van der Waals surface area contributed by atoms with Gasteiger partial charge in [-0.15, -0.1) is 0 Å². The third-order valence-corrected chi connectivity index (χ3v) is 4.54. The third kappa shape index (κ3) is 3.15. The second-order valence-electron chi connectivity index (χ2n) is 5.92. The van der Waals surface area contributed by atoms with Crippen molar-refractivity contribution in [2.45, 2.75) is 19.4 Å². The molecule has 0 spiro atoms. The summed E-state index contributed by atoms with van der Waals surface area (Å²) in [5, 5.41) is 0. The first-order valence-electron chi connectivity index (χ1n) is 8.24. The fraction of sp³-hybridized carbons (Fsp3) is 0.300. The van der Waals surface area contributed by atoms with Crippen LogP contribution in [0.25, 0.3) is 11.1 Å². The van der Waals surface area contributed by atoms with Crippen molar-refractivity contribution in [3.05, 3.63) is 53.6 Å². The highest BCUT2D eigenvalue weighted by atomic mass is 16.5. The maximum Gasteiger partial charge on any atom is 0.337 e. The van der Waals surface area contributed by atoms with E-state index in [-0.39, 0.29) is 18.0 Å². The van der Waals surface area contributed by atoms with Crippen LogP contribution in [0.3, 0.4) is 0 Å². The number of fused-ring (bicyclic) bond motifs is 1. The van der Waals surface area contributed by atoms with E-state index >= 15 is 0 Å². The Morgan fingerprint density at radius 3 is 2.36 bits per heavy atom. The molecule has 0 aliphatic carbocycles. The maximum absolute atomic E-state index is 12.1. The molecule has 3 rings (SSSR count). The number of ether oxygens (including phenoxy) is 2. The molecular weight excluding hydrogens is 318 g/mol. The number of hydrogen-bond donors (Lipinski definition) is 0. The molecule has 5 heteroatoms. The van der Waals surface area contributed by atoms with Crippen LogP contribution in [0.2, 0.25) is 0 Å². The number of carbonyl (C=O) groups excluding carboxylic acids is 2. The number of methoxy groups -OCH3 is 2. The van der Waals surface area contributed by atoms with Gasteiger partial charge in [-0.05, 0) is 35.4 Å². The van der Waals surface area contributed by atoms with Crippen LogP contribution in [0.4, 0.5) is 5.69 Å². The lowest BCUT2D eigenvalue weighted by atomic mass is 10.00. The van der Waals surface area contributed by atoms with Gasteiger partial charge in [0.05, 0.1) is 19.2 Å². The molecule has 0 saturated carbocycles. The van der Waals surface area contributed by atoms with E-state index in [0.29, 0.717) is 18.5 Å². The Labute approximate surface area is 147 Å². The Morgan fingerprint density at radius 1 is 1.08 bits per heavy atom. The van der Waals surface area contributed by atoms with Gasteiger partial charge in [0.1, 0.15) is 6.10 Å². The van der Waals surface area contributed by atoms with Crippen LogP contribution in [-0.2, 0) is 14.3 Å². The number of hydrogen-bond acceptors (Lipinski definition) is 4. The molecule has 2 aromatic rings. The monoisotopic (exact) mass is 339 g/mol. The summed E-state index contributed by atoms with van der Waals surface area (Å²) in [7, 11) is 3.02. The topological polar surface area (TPSA) is 55.8 Å².